The first-order chi connectivity index (χ1) is 9.79. The monoisotopic (exact) mass is 269 g/mol. The van der Waals surface area contributed by atoms with Crippen molar-refractivity contribution in [1.29, 1.82) is 0 Å². The highest BCUT2D eigenvalue weighted by atomic mass is 16.7. The number of hydrogen-bond acceptors (Lipinski definition) is 5. The first-order valence-corrected chi connectivity index (χ1v) is 6.80. The molecule has 1 aliphatic heterocycles. The Morgan fingerprint density at radius 3 is 2.60 bits per heavy atom. The van der Waals surface area contributed by atoms with E-state index in [2.05, 4.69) is 15.5 Å². The lowest BCUT2D eigenvalue weighted by molar-refractivity contribution is 0.174. The van der Waals surface area contributed by atoms with E-state index in [4.69, 9.17) is 9.47 Å². The lowest BCUT2D eigenvalue weighted by Gasteiger charge is -2.08. The summed E-state index contributed by atoms with van der Waals surface area (Å²) in [7, 11) is 0. The molecular weight excluding hydrogens is 254 g/mol. The minimum absolute atomic E-state index is 0.286. The van der Waals surface area contributed by atoms with Gasteiger partial charge in [0.25, 0.3) is 0 Å². The molecule has 1 aromatic heterocycles. The van der Waals surface area contributed by atoms with Gasteiger partial charge in [-0.2, -0.15) is 0 Å². The zero-order valence-corrected chi connectivity index (χ0v) is 11.2. The molecule has 0 radical (unpaired) electrons. The van der Waals surface area contributed by atoms with E-state index in [1.807, 2.05) is 31.2 Å². The molecule has 0 spiro atoms. The van der Waals surface area contributed by atoms with Gasteiger partial charge in [-0.15, -0.1) is 10.2 Å². The number of rotatable bonds is 3. The van der Waals surface area contributed by atoms with Gasteiger partial charge in [0.2, 0.25) is 6.79 Å². The number of hydrogen-bond donors (Lipinski definition) is 1. The summed E-state index contributed by atoms with van der Waals surface area (Å²) in [5, 5.41) is 11.9. The van der Waals surface area contributed by atoms with Crippen molar-refractivity contribution in [3.05, 3.63) is 29.8 Å². The van der Waals surface area contributed by atoms with Crippen molar-refractivity contribution in [2.45, 2.75) is 25.8 Å². The molecule has 20 heavy (non-hydrogen) atoms. The van der Waals surface area contributed by atoms with Crippen molar-refractivity contribution < 1.29 is 9.47 Å². The Morgan fingerprint density at radius 2 is 1.90 bits per heavy atom. The Bertz CT molecular complexity index is 651. The summed E-state index contributed by atoms with van der Waals surface area (Å²) in [5.74, 6) is 2.41. The number of ether oxygens (including phenoxy) is 2. The Hall–Kier alpha value is -2.30. The number of anilines is 1. The molecule has 0 bridgehead atoms. The van der Waals surface area contributed by atoms with Crippen LogP contribution in [0.3, 0.4) is 0 Å². The number of aromatic nitrogens is 2. The summed E-state index contributed by atoms with van der Waals surface area (Å²) >= 11 is 0. The Balaban J connectivity index is 1.66. The SMILES string of the molecule is Cc1cc2c(cc1-c1ccc(NC3CC3)nn1)OCO2. The Kier molecular flexibility index (Phi) is 2.52. The van der Waals surface area contributed by atoms with Crippen LogP contribution in [0.1, 0.15) is 18.4 Å². The fourth-order valence-corrected chi connectivity index (χ4v) is 2.31. The molecule has 2 heterocycles. The van der Waals surface area contributed by atoms with Crippen molar-refractivity contribution in [2.24, 2.45) is 0 Å². The van der Waals surface area contributed by atoms with Gasteiger partial charge in [0.05, 0.1) is 5.69 Å². The van der Waals surface area contributed by atoms with Crippen molar-refractivity contribution in [3.63, 3.8) is 0 Å². The first-order valence-electron chi connectivity index (χ1n) is 6.80. The third kappa shape index (κ3) is 2.05. The lowest BCUT2D eigenvalue weighted by Crippen LogP contribution is -2.04. The van der Waals surface area contributed by atoms with Crippen molar-refractivity contribution in [1.82, 2.24) is 10.2 Å². The van der Waals surface area contributed by atoms with Crippen molar-refractivity contribution >= 4 is 5.82 Å². The van der Waals surface area contributed by atoms with Gasteiger partial charge in [0, 0.05) is 11.6 Å². The predicted molar refractivity (Wildman–Crippen MR) is 75.0 cm³/mol. The van der Waals surface area contributed by atoms with Gasteiger partial charge >= 0.3 is 0 Å². The molecular formula is C15H15N3O2. The van der Waals surface area contributed by atoms with Crippen LogP contribution in [-0.4, -0.2) is 23.0 Å². The number of fused-ring (bicyclic) bond motifs is 1. The molecule has 0 atom stereocenters. The Labute approximate surface area is 116 Å². The van der Waals surface area contributed by atoms with Gasteiger partial charge < -0.3 is 14.8 Å². The normalized spacial score (nSPS) is 16.2. The zero-order chi connectivity index (χ0) is 13.5. The topological polar surface area (TPSA) is 56.3 Å². The third-order valence-electron chi connectivity index (χ3n) is 3.59. The first kappa shape index (κ1) is 11.5. The van der Waals surface area contributed by atoms with Crippen LogP contribution in [-0.2, 0) is 0 Å². The molecule has 1 N–H and O–H groups in total. The highest BCUT2D eigenvalue weighted by Gasteiger charge is 2.21. The minimum atomic E-state index is 0.286. The zero-order valence-electron chi connectivity index (χ0n) is 11.2. The molecule has 0 unspecified atom stereocenters. The average Bonchev–Trinajstić information content (AvgIpc) is 3.15. The molecule has 102 valence electrons. The Morgan fingerprint density at radius 1 is 1.10 bits per heavy atom. The van der Waals surface area contributed by atoms with Crippen LogP contribution in [0.5, 0.6) is 11.5 Å². The highest BCUT2D eigenvalue weighted by molar-refractivity contribution is 5.68. The minimum Gasteiger partial charge on any atom is -0.454 e. The van der Waals surface area contributed by atoms with E-state index < -0.39 is 0 Å². The summed E-state index contributed by atoms with van der Waals surface area (Å²) in [4.78, 5) is 0. The summed E-state index contributed by atoms with van der Waals surface area (Å²) in [5.41, 5.74) is 2.98. The third-order valence-corrected chi connectivity index (χ3v) is 3.59. The quantitative estimate of drug-likeness (QED) is 0.928. The number of aryl methyl sites for hydroxylation is 1. The maximum atomic E-state index is 5.42. The largest absolute Gasteiger partial charge is 0.454 e. The van der Waals surface area contributed by atoms with Crippen LogP contribution in [0.4, 0.5) is 5.82 Å². The molecule has 2 aliphatic rings. The second-order valence-corrected chi connectivity index (χ2v) is 5.24. The fourth-order valence-electron chi connectivity index (χ4n) is 2.31. The van der Waals surface area contributed by atoms with Crippen LogP contribution in [0.15, 0.2) is 24.3 Å². The summed E-state index contributed by atoms with van der Waals surface area (Å²) in [6.45, 7) is 2.32. The molecule has 1 saturated carbocycles. The second-order valence-electron chi connectivity index (χ2n) is 5.24. The molecule has 1 aromatic carbocycles. The second kappa shape index (κ2) is 4.37. The average molecular weight is 269 g/mol. The van der Waals surface area contributed by atoms with Crippen LogP contribution in [0.25, 0.3) is 11.3 Å². The molecule has 5 nitrogen and oxygen atoms in total. The van der Waals surface area contributed by atoms with Gasteiger partial charge in [-0.25, -0.2) is 0 Å². The van der Waals surface area contributed by atoms with Crippen LogP contribution >= 0.6 is 0 Å². The predicted octanol–water partition coefficient (Wildman–Crippen LogP) is 2.76. The molecule has 1 fully saturated rings. The summed E-state index contributed by atoms with van der Waals surface area (Å²) < 4.78 is 10.8. The highest BCUT2D eigenvalue weighted by Crippen LogP contribution is 2.37. The van der Waals surface area contributed by atoms with E-state index in [0.29, 0.717) is 6.04 Å². The molecule has 1 aliphatic carbocycles. The van der Waals surface area contributed by atoms with Gasteiger partial charge in [-0.3, -0.25) is 0 Å². The standard InChI is InChI=1S/C15H15N3O2/c1-9-6-13-14(20-8-19-13)7-11(9)12-4-5-15(18-17-12)16-10-2-3-10/h4-7,10H,2-3,8H2,1H3,(H,16,18). The molecule has 0 saturated heterocycles. The van der Waals surface area contributed by atoms with E-state index >= 15 is 0 Å². The van der Waals surface area contributed by atoms with E-state index in [9.17, 15) is 0 Å². The molecule has 0 amide bonds. The van der Waals surface area contributed by atoms with E-state index in [-0.39, 0.29) is 6.79 Å². The van der Waals surface area contributed by atoms with E-state index in [1.54, 1.807) is 0 Å². The molecule has 5 heteroatoms. The smallest absolute Gasteiger partial charge is 0.231 e. The van der Waals surface area contributed by atoms with Crippen LogP contribution in [0.2, 0.25) is 0 Å². The van der Waals surface area contributed by atoms with E-state index in [1.165, 1.54) is 12.8 Å². The van der Waals surface area contributed by atoms with Gasteiger partial charge in [0.15, 0.2) is 11.5 Å². The summed E-state index contributed by atoms with van der Waals surface area (Å²) in [6, 6.07) is 8.50. The maximum Gasteiger partial charge on any atom is 0.231 e. The number of nitrogens with zero attached hydrogens (tertiary/aromatic N) is 2. The van der Waals surface area contributed by atoms with Gasteiger partial charge in [0.1, 0.15) is 5.82 Å². The molecule has 4 rings (SSSR count). The van der Waals surface area contributed by atoms with E-state index in [0.717, 1.165) is 34.1 Å². The maximum absolute atomic E-state index is 5.42. The lowest BCUT2D eigenvalue weighted by atomic mass is 10.0. The number of nitrogens with one attached hydrogen (secondary N) is 1. The van der Waals surface area contributed by atoms with Crippen LogP contribution in [0, 0.1) is 6.92 Å². The fraction of sp³-hybridized carbons (Fsp3) is 0.333. The van der Waals surface area contributed by atoms with Gasteiger partial charge in [-0.05, 0) is 49.6 Å². The molecule has 2 aromatic rings. The summed E-state index contributed by atoms with van der Waals surface area (Å²) in [6.07, 6.45) is 2.45. The number of benzene rings is 1. The van der Waals surface area contributed by atoms with Crippen LogP contribution < -0.4 is 14.8 Å². The van der Waals surface area contributed by atoms with Crippen molar-refractivity contribution in [2.75, 3.05) is 12.1 Å². The van der Waals surface area contributed by atoms with Crippen molar-refractivity contribution in [3.8, 4) is 22.8 Å². The van der Waals surface area contributed by atoms with Gasteiger partial charge in [-0.1, -0.05) is 0 Å².